The largest absolute Gasteiger partial charge is 0.350 e. The van der Waals surface area contributed by atoms with E-state index in [0.29, 0.717) is 64.4 Å². The van der Waals surface area contributed by atoms with Gasteiger partial charge in [-0.15, -0.1) is 11.8 Å². The van der Waals surface area contributed by atoms with Gasteiger partial charge in [-0.2, -0.15) is 4.98 Å². The maximum atomic E-state index is 14.8. The molecule has 0 aliphatic carbocycles. The Hall–Kier alpha value is -2.55. The molecule has 5 rings (SSSR count). The summed E-state index contributed by atoms with van der Waals surface area (Å²) in [5.74, 6) is 0.604. The number of halogens is 3. The first-order valence-corrected chi connectivity index (χ1v) is 12.6. The molecule has 1 amide bonds. The van der Waals surface area contributed by atoms with Crippen LogP contribution >= 0.6 is 35.0 Å². The minimum Gasteiger partial charge on any atom is -0.350 e. The number of piperazine rings is 1. The zero-order valence-electron chi connectivity index (χ0n) is 18.4. The average molecular weight is 519 g/mol. The predicted molar refractivity (Wildman–Crippen MR) is 136 cm³/mol. The molecule has 3 heterocycles. The predicted octanol–water partition coefficient (Wildman–Crippen LogP) is 4.84. The highest BCUT2D eigenvalue weighted by Gasteiger charge is 2.31. The summed E-state index contributed by atoms with van der Waals surface area (Å²) in [4.78, 5) is 34.1. The molecule has 0 bridgehead atoms. The fourth-order valence-corrected chi connectivity index (χ4v) is 6.44. The second-order valence-electron chi connectivity index (χ2n) is 8.33. The van der Waals surface area contributed by atoms with Crippen LogP contribution in [0, 0.1) is 5.82 Å². The second-order valence-corrected chi connectivity index (χ2v) is 10.3. The lowest BCUT2D eigenvalue weighted by atomic mass is 10.0. The van der Waals surface area contributed by atoms with E-state index in [1.807, 2.05) is 11.8 Å². The van der Waals surface area contributed by atoms with Crippen LogP contribution in [0.2, 0.25) is 10.0 Å². The second kappa shape index (κ2) is 8.91. The number of hydrogen-bond acceptors (Lipinski definition) is 5. The summed E-state index contributed by atoms with van der Waals surface area (Å²) in [5.41, 5.74) is 1.16. The third-order valence-electron chi connectivity index (χ3n) is 6.30. The number of benzene rings is 2. The van der Waals surface area contributed by atoms with Crippen molar-refractivity contribution in [2.45, 2.75) is 24.4 Å². The van der Waals surface area contributed by atoms with Crippen LogP contribution in [0.15, 0.2) is 46.6 Å². The molecule has 1 fully saturated rings. The maximum Gasteiger partial charge on any atom is 0.350 e. The summed E-state index contributed by atoms with van der Waals surface area (Å²) < 4.78 is 16.5. The van der Waals surface area contributed by atoms with Crippen LogP contribution in [0.4, 0.5) is 10.2 Å². The number of hydrogen-bond donors (Lipinski definition) is 0. The fourth-order valence-electron chi connectivity index (χ4n) is 4.71. The molecule has 34 heavy (non-hydrogen) atoms. The monoisotopic (exact) mass is 518 g/mol. The number of carbonyl (C=O) groups excluding carboxylic acids is 1. The lowest BCUT2D eigenvalue weighted by molar-refractivity contribution is -0.126. The van der Waals surface area contributed by atoms with Gasteiger partial charge in [0.2, 0.25) is 5.91 Å². The van der Waals surface area contributed by atoms with E-state index in [-0.39, 0.29) is 17.6 Å². The molecular formula is C24H21Cl2FN4O2S. The molecule has 1 aromatic heterocycles. The molecule has 1 saturated heterocycles. The molecule has 2 aromatic carbocycles. The Labute approximate surface area is 210 Å². The summed E-state index contributed by atoms with van der Waals surface area (Å²) >= 11 is 14.5. The number of rotatable bonds is 3. The van der Waals surface area contributed by atoms with Gasteiger partial charge in [-0.05, 0) is 37.3 Å². The first kappa shape index (κ1) is 23.2. The smallest absolute Gasteiger partial charge is 0.350 e. The first-order valence-electron chi connectivity index (χ1n) is 10.8. The van der Waals surface area contributed by atoms with Crippen LogP contribution in [0.1, 0.15) is 6.92 Å². The minimum atomic E-state index is -0.437. The van der Waals surface area contributed by atoms with E-state index in [9.17, 15) is 14.0 Å². The van der Waals surface area contributed by atoms with Crippen molar-refractivity contribution in [2.75, 3.05) is 30.3 Å². The number of nitrogens with zero attached hydrogens (tertiary/aromatic N) is 4. The van der Waals surface area contributed by atoms with Crippen molar-refractivity contribution in [1.29, 1.82) is 0 Å². The Morgan fingerprint density at radius 3 is 2.79 bits per heavy atom. The van der Waals surface area contributed by atoms with E-state index >= 15 is 0 Å². The van der Waals surface area contributed by atoms with E-state index in [4.69, 9.17) is 23.2 Å². The van der Waals surface area contributed by atoms with Gasteiger partial charge in [0.1, 0.15) is 11.6 Å². The van der Waals surface area contributed by atoms with Crippen LogP contribution < -0.4 is 10.6 Å². The Balaban J connectivity index is 1.72. The number of anilines is 1. The molecule has 1 atom stereocenters. The van der Waals surface area contributed by atoms with Crippen molar-refractivity contribution in [2.24, 2.45) is 0 Å². The van der Waals surface area contributed by atoms with Gasteiger partial charge < -0.3 is 9.80 Å². The average Bonchev–Trinajstić information content (AvgIpc) is 2.82. The first-order chi connectivity index (χ1) is 16.3. The number of carbonyl (C=O) groups is 1. The van der Waals surface area contributed by atoms with Crippen LogP contribution in [0.5, 0.6) is 0 Å². The summed E-state index contributed by atoms with van der Waals surface area (Å²) in [5, 5.41) is 1.49. The van der Waals surface area contributed by atoms with Crippen molar-refractivity contribution in [3.63, 3.8) is 0 Å². The van der Waals surface area contributed by atoms with Crippen LogP contribution in [-0.2, 0) is 11.3 Å². The van der Waals surface area contributed by atoms with Gasteiger partial charge in [0, 0.05) is 64.4 Å². The van der Waals surface area contributed by atoms with Crippen LogP contribution in [-0.4, -0.2) is 51.8 Å². The van der Waals surface area contributed by atoms with Crippen molar-refractivity contribution in [1.82, 2.24) is 14.5 Å². The van der Waals surface area contributed by atoms with Gasteiger partial charge in [0.05, 0.1) is 10.5 Å². The Bertz CT molecular complexity index is 1410. The van der Waals surface area contributed by atoms with Crippen molar-refractivity contribution >= 4 is 57.6 Å². The van der Waals surface area contributed by atoms with Crippen LogP contribution in [0.25, 0.3) is 22.0 Å². The SMILES string of the molecule is C=CC(=O)N1CCN(c2nc(=O)n3c4c(c(-c5cc(Cl)ccc5F)c(Cl)cc24)SCC3)[C@@H](C)C1. The van der Waals surface area contributed by atoms with E-state index < -0.39 is 5.82 Å². The molecule has 0 unspecified atom stereocenters. The standard InChI is InChI=1S/C24H21Cl2FN4O2S/c1-3-19(32)29-6-7-30(13(2)12-29)23-16-11-17(26)20(15-10-14(25)4-5-18(15)27)22-21(16)31(8-9-34-22)24(33)28-23/h3-5,10-11,13H,1,6-9,12H2,2H3/t13-/m0/s1. The molecule has 2 aliphatic rings. The van der Waals surface area contributed by atoms with Gasteiger partial charge in [-0.25, -0.2) is 9.18 Å². The van der Waals surface area contributed by atoms with Gasteiger partial charge in [-0.1, -0.05) is 29.8 Å². The van der Waals surface area contributed by atoms with Gasteiger partial charge in [-0.3, -0.25) is 9.36 Å². The number of aryl methyl sites for hydroxylation is 1. The molecule has 2 aliphatic heterocycles. The summed E-state index contributed by atoms with van der Waals surface area (Å²) in [7, 11) is 0. The maximum absolute atomic E-state index is 14.8. The number of aromatic nitrogens is 2. The van der Waals surface area contributed by atoms with E-state index in [0.717, 1.165) is 10.3 Å². The Morgan fingerprint density at radius 2 is 2.06 bits per heavy atom. The molecule has 0 radical (unpaired) electrons. The van der Waals surface area contributed by atoms with E-state index in [1.165, 1.54) is 30.0 Å². The highest BCUT2D eigenvalue weighted by atomic mass is 35.5. The number of thioether (sulfide) groups is 1. The van der Waals surface area contributed by atoms with Gasteiger partial charge in [0.25, 0.3) is 0 Å². The lowest BCUT2D eigenvalue weighted by Crippen LogP contribution is -2.54. The zero-order chi connectivity index (χ0) is 24.1. The van der Waals surface area contributed by atoms with E-state index in [1.54, 1.807) is 21.6 Å². The summed E-state index contributed by atoms with van der Waals surface area (Å²) in [6, 6.07) is 6.04. The third-order valence-corrected chi connectivity index (χ3v) is 7.90. The Kier molecular flexibility index (Phi) is 6.08. The van der Waals surface area contributed by atoms with Crippen molar-refractivity contribution < 1.29 is 9.18 Å². The summed E-state index contributed by atoms with van der Waals surface area (Å²) in [6.45, 7) is 7.53. The van der Waals surface area contributed by atoms with Crippen molar-refractivity contribution in [3.8, 4) is 11.1 Å². The van der Waals surface area contributed by atoms with Gasteiger partial charge in [0.15, 0.2) is 0 Å². The molecule has 0 saturated carbocycles. The number of amides is 1. The fraction of sp³-hybridized carbons (Fsp3) is 0.292. The van der Waals surface area contributed by atoms with Crippen LogP contribution in [0.3, 0.4) is 0 Å². The van der Waals surface area contributed by atoms with Crippen molar-refractivity contribution in [3.05, 3.63) is 63.3 Å². The molecule has 6 nitrogen and oxygen atoms in total. The third kappa shape index (κ3) is 3.78. The summed E-state index contributed by atoms with van der Waals surface area (Å²) in [6.07, 6.45) is 1.31. The quantitative estimate of drug-likeness (QED) is 0.464. The minimum absolute atomic E-state index is 0.0773. The molecular weight excluding hydrogens is 498 g/mol. The molecule has 176 valence electrons. The lowest BCUT2D eigenvalue weighted by Gasteiger charge is -2.40. The van der Waals surface area contributed by atoms with E-state index in [2.05, 4.69) is 11.6 Å². The normalized spacial score (nSPS) is 17.8. The van der Waals surface area contributed by atoms with Gasteiger partial charge >= 0.3 is 5.69 Å². The highest BCUT2D eigenvalue weighted by Crippen LogP contribution is 2.46. The topological polar surface area (TPSA) is 58.4 Å². The molecule has 0 spiro atoms. The molecule has 10 heteroatoms. The molecule has 0 N–H and O–H groups in total. The zero-order valence-corrected chi connectivity index (χ0v) is 20.7. The molecule has 3 aromatic rings. The highest BCUT2D eigenvalue weighted by molar-refractivity contribution is 7.99. The Morgan fingerprint density at radius 1 is 1.26 bits per heavy atom.